The van der Waals surface area contributed by atoms with Crippen molar-refractivity contribution < 1.29 is 14.3 Å². The van der Waals surface area contributed by atoms with Gasteiger partial charge in [-0.1, -0.05) is 50.2 Å². The topological polar surface area (TPSA) is 100 Å². The second-order valence-electron chi connectivity index (χ2n) is 9.95. The number of nitriles is 1. The minimum absolute atomic E-state index is 0.0670. The molecule has 1 saturated heterocycles. The number of rotatable bonds is 7. The summed E-state index contributed by atoms with van der Waals surface area (Å²) in [6.07, 6.45) is 4.35. The third kappa shape index (κ3) is 8.14. The largest absolute Gasteiger partial charge is 0.489 e. The Morgan fingerprint density at radius 2 is 1.80 bits per heavy atom. The van der Waals surface area contributed by atoms with Crippen LogP contribution < -0.4 is 10.1 Å². The van der Waals surface area contributed by atoms with Gasteiger partial charge in [-0.05, 0) is 71.8 Å². The first-order valence-corrected chi connectivity index (χ1v) is 15.3. The SMILES string of the molecule is CC.CNCc1ccc(-c2cc3c(-c4ccc(OC5CCOCC5)c(C#N)c4)ccnc3[nH]2)cc1C=O.Sc1ccccc1. The summed E-state index contributed by atoms with van der Waals surface area (Å²) in [5, 5.41) is 13.8. The number of carbonyl (C=O) groups excluding carboxylic acids is 1. The van der Waals surface area contributed by atoms with Gasteiger partial charge >= 0.3 is 0 Å². The minimum atomic E-state index is 0.0670. The molecule has 226 valence electrons. The van der Waals surface area contributed by atoms with Gasteiger partial charge in [0, 0.05) is 47.1 Å². The molecule has 2 aromatic heterocycles. The molecule has 2 N–H and O–H groups in total. The maximum Gasteiger partial charge on any atom is 0.150 e. The zero-order valence-corrected chi connectivity index (χ0v) is 26.2. The highest BCUT2D eigenvalue weighted by molar-refractivity contribution is 7.80. The normalized spacial score (nSPS) is 12.7. The number of aromatic nitrogens is 2. The lowest BCUT2D eigenvalue weighted by Crippen LogP contribution is -2.26. The van der Waals surface area contributed by atoms with Crippen molar-refractivity contribution in [3.05, 3.63) is 102 Å². The van der Waals surface area contributed by atoms with Crippen LogP contribution in [-0.4, -0.2) is 42.6 Å². The van der Waals surface area contributed by atoms with E-state index < -0.39 is 0 Å². The predicted octanol–water partition coefficient (Wildman–Crippen LogP) is 7.86. The lowest BCUT2D eigenvalue weighted by atomic mass is 10.00. The Morgan fingerprint density at radius 1 is 1.05 bits per heavy atom. The van der Waals surface area contributed by atoms with Crippen LogP contribution >= 0.6 is 12.6 Å². The number of ether oxygens (including phenoxy) is 2. The smallest absolute Gasteiger partial charge is 0.150 e. The molecule has 44 heavy (non-hydrogen) atoms. The predicted molar refractivity (Wildman–Crippen MR) is 179 cm³/mol. The molecule has 0 bridgehead atoms. The van der Waals surface area contributed by atoms with Gasteiger partial charge in [-0.15, -0.1) is 12.6 Å². The summed E-state index contributed by atoms with van der Waals surface area (Å²) >= 11 is 4.08. The number of aldehydes is 1. The van der Waals surface area contributed by atoms with Crippen LogP contribution in [0.4, 0.5) is 0 Å². The third-order valence-electron chi connectivity index (χ3n) is 7.11. The number of benzene rings is 3. The van der Waals surface area contributed by atoms with Crippen LogP contribution in [0.3, 0.4) is 0 Å². The van der Waals surface area contributed by atoms with Crippen LogP contribution in [0.1, 0.15) is 48.2 Å². The molecule has 3 heterocycles. The van der Waals surface area contributed by atoms with Crippen LogP contribution in [0.15, 0.2) is 90.0 Å². The van der Waals surface area contributed by atoms with E-state index in [1.54, 1.807) is 6.20 Å². The van der Waals surface area contributed by atoms with Crippen molar-refractivity contribution in [1.82, 2.24) is 15.3 Å². The summed E-state index contributed by atoms with van der Waals surface area (Å²) < 4.78 is 11.5. The summed E-state index contributed by atoms with van der Waals surface area (Å²) in [4.78, 5) is 20.5. The molecule has 1 fully saturated rings. The molecule has 0 amide bonds. The fraction of sp³-hybridized carbons (Fsp3) is 0.250. The van der Waals surface area contributed by atoms with E-state index in [1.807, 2.05) is 99.8 Å². The van der Waals surface area contributed by atoms with Crippen LogP contribution in [0, 0.1) is 11.3 Å². The Labute approximate surface area is 264 Å². The van der Waals surface area contributed by atoms with Gasteiger partial charge in [0.15, 0.2) is 0 Å². The molecule has 7 nitrogen and oxygen atoms in total. The molecular weight excluding hydrogens is 568 g/mol. The van der Waals surface area contributed by atoms with Crippen molar-refractivity contribution in [2.45, 2.75) is 44.2 Å². The van der Waals surface area contributed by atoms with Crippen molar-refractivity contribution in [2.75, 3.05) is 20.3 Å². The lowest BCUT2D eigenvalue weighted by Gasteiger charge is -2.23. The molecule has 5 aromatic rings. The summed E-state index contributed by atoms with van der Waals surface area (Å²) in [7, 11) is 1.86. The Morgan fingerprint density at radius 3 is 2.45 bits per heavy atom. The van der Waals surface area contributed by atoms with E-state index in [0.29, 0.717) is 36.6 Å². The number of thiol groups is 1. The second kappa shape index (κ2) is 16.4. The number of nitrogens with zero attached hydrogens (tertiary/aromatic N) is 2. The number of H-pyrrole nitrogens is 1. The summed E-state index contributed by atoms with van der Waals surface area (Å²) in [5.41, 5.74) is 6.52. The number of hydrogen-bond donors (Lipinski definition) is 3. The lowest BCUT2D eigenvalue weighted by molar-refractivity contribution is 0.0254. The van der Waals surface area contributed by atoms with Crippen molar-refractivity contribution in [3.63, 3.8) is 0 Å². The third-order valence-corrected chi connectivity index (χ3v) is 7.41. The van der Waals surface area contributed by atoms with Gasteiger partial charge in [0.05, 0.1) is 18.8 Å². The number of pyridine rings is 1. The Hall–Kier alpha value is -4.42. The fourth-order valence-electron chi connectivity index (χ4n) is 4.95. The first-order valence-electron chi connectivity index (χ1n) is 14.8. The molecule has 0 atom stereocenters. The highest BCUT2D eigenvalue weighted by atomic mass is 32.1. The fourth-order valence-corrected chi connectivity index (χ4v) is 5.12. The Balaban J connectivity index is 0.000000427. The van der Waals surface area contributed by atoms with E-state index in [-0.39, 0.29) is 6.10 Å². The molecule has 1 aliphatic heterocycles. The quantitative estimate of drug-likeness (QED) is 0.129. The standard InChI is InChI=1S/C28H26N4O3.C6H6S.C2H6/c1-30-16-20-3-2-19(13-22(20)17-33)26-14-25-24(6-9-31-28(25)32-26)18-4-5-27(21(12-18)15-29)35-23-7-10-34-11-8-23;7-6-4-2-1-3-5-6;1-2/h2-6,9,12-14,17,23,30H,7-8,10-11,16H2,1H3,(H,31,32);1-5,7H;1-2H3. The van der Waals surface area contributed by atoms with Gasteiger partial charge < -0.3 is 19.8 Å². The molecule has 6 rings (SSSR count). The minimum Gasteiger partial charge on any atom is -0.489 e. The number of carbonyl (C=O) groups is 1. The molecular formula is C36H38N4O3S. The van der Waals surface area contributed by atoms with Gasteiger partial charge in [-0.25, -0.2) is 4.98 Å². The maximum atomic E-state index is 11.6. The van der Waals surface area contributed by atoms with Crippen LogP contribution in [0.2, 0.25) is 0 Å². The van der Waals surface area contributed by atoms with E-state index >= 15 is 0 Å². The molecule has 0 unspecified atom stereocenters. The van der Waals surface area contributed by atoms with E-state index in [2.05, 4.69) is 34.0 Å². The van der Waals surface area contributed by atoms with Crippen LogP contribution in [0.25, 0.3) is 33.4 Å². The summed E-state index contributed by atoms with van der Waals surface area (Å²) in [6, 6.07) is 27.6. The highest BCUT2D eigenvalue weighted by Gasteiger charge is 2.18. The van der Waals surface area contributed by atoms with Crippen molar-refractivity contribution in [1.29, 1.82) is 5.26 Å². The van der Waals surface area contributed by atoms with E-state index in [4.69, 9.17) is 9.47 Å². The first-order chi connectivity index (χ1) is 21.6. The molecule has 8 heteroatoms. The Kier molecular flexibility index (Phi) is 12.1. The molecule has 3 aromatic carbocycles. The number of nitrogens with one attached hydrogen (secondary N) is 2. The van der Waals surface area contributed by atoms with E-state index in [1.165, 1.54) is 0 Å². The molecule has 0 saturated carbocycles. The number of hydrogen-bond acceptors (Lipinski definition) is 7. The van der Waals surface area contributed by atoms with Gasteiger partial charge in [0.25, 0.3) is 0 Å². The van der Waals surface area contributed by atoms with E-state index in [0.717, 1.165) is 63.0 Å². The number of aromatic amines is 1. The van der Waals surface area contributed by atoms with Gasteiger partial charge in [-0.3, -0.25) is 4.79 Å². The average Bonchev–Trinajstić information content (AvgIpc) is 3.52. The number of fused-ring (bicyclic) bond motifs is 1. The Bertz CT molecular complexity index is 1710. The van der Waals surface area contributed by atoms with Gasteiger partial charge in [-0.2, -0.15) is 5.26 Å². The zero-order chi connectivity index (χ0) is 31.3. The average molecular weight is 607 g/mol. The first kappa shape index (κ1) is 32.5. The summed E-state index contributed by atoms with van der Waals surface area (Å²) in [5.74, 6) is 0.603. The monoisotopic (exact) mass is 606 g/mol. The summed E-state index contributed by atoms with van der Waals surface area (Å²) in [6.45, 7) is 5.99. The van der Waals surface area contributed by atoms with Crippen molar-refractivity contribution in [2.24, 2.45) is 0 Å². The second-order valence-corrected chi connectivity index (χ2v) is 10.5. The maximum absolute atomic E-state index is 11.6. The van der Waals surface area contributed by atoms with E-state index in [9.17, 15) is 10.1 Å². The van der Waals surface area contributed by atoms with Crippen LogP contribution in [-0.2, 0) is 11.3 Å². The van der Waals surface area contributed by atoms with Crippen molar-refractivity contribution >= 4 is 29.9 Å². The molecule has 0 aliphatic carbocycles. The molecule has 0 radical (unpaired) electrons. The zero-order valence-electron chi connectivity index (χ0n) is 25.3. The van der Waals surface area contributed by atoms with Crippen molar-refractivity contribution in [3.8, 4) is 34.2 Å². The van der Waals surface area contributed by atoms with Gasteiger partial charge in [0.1, 0.15) is 29.9 Å². The highest BCUT2D eigenvalue weighted by Crippen LogP contribution is 2.34. The molecule has 0 spiro atoms. The van der Waals surface area contributed by atoms with Crippen LogP contribution in [0.5, 0.6) is 5.75 Å². The van der Waals surface area contributed by atoms with Gasteiger partial charge in [0.2, 0.25) is 0 Å². The molecule has 1 aliphatic rings.